The van der Waals surface area contributed by atoms with Crippen LogP contribution in [0.5, 0.6) is 0 Å². The lowest BCUT2D eigenvalue weighted by atomic mass is 10.0. The van der Waals surface area contributed by atoms with Crippen LogP contribution in [0.15, 0.2) is 30.5 Å². The Morgan fingerprint density at radius 2 is 2.14 bits per heavy atom. The first-order valence-electron chi connectivity index (χ1n) is 7.90. The standard InChI is InChI=1S/C17H23N3OS/c18-15(17(21)20-10-12-5-7-22-8-6-12)9-13-11-19-16-4-2-1-3-14(13)16/h1-4,11-12,15,19H,5-10,18H2,(H,20,21)/t15-/m0/s1. The number of para-hydroxylation sites is 1. The molecular weight excluding hydrogens is 294 g/mol. The van der Waals surface area contributed by atoms with Crippen LogP contribution < -0.4 is 11.1 Å². The second-order valence-electron chi connectivity index (χ2n) is 5.97. The Kier molecular flexibility index (Phi) is 5.05. The topological polar surface area (TPSA) is 70.9 Å². The zero-order valence-electron chi connectivity index (χ0n) is 12.7. The first-order valence-corrected chi connectivity index (χ1v) is 9.05. The molecule has 4 N–H and O–H groups in total. The maximum atomic E-state index is 12.2. The lowest BCUT2D eigenvalue weighted by molar-refractivity contribution is -0.122. The summed E-state index contributed by atoms with van der Waals surface area (Å²) in [6, 6.07) is 7.61. The second-order valence-corrected chi connectivity index (χ2v) is 7.20. The average Bonchev–Trinajstić information content (AvgIpc) is 2.97. The van der Waals surface area contributed by atoms with Gasteiger partial charge in [-0.1, -0.05) is 18.2 Å². The summed E-state index contributed by atoms with van der Waals surface area (Å²) in [7, 11) is 0. The molecule has 4 nitrogen and oxygen atoms in total. The maximum absolute atomic E-state index is 12.2. The molecule has 0 spiro atoms. The smallest absolute Gasteiger partial charge is 0.237 e. The number of fused-ring (bicyclic) bond motifs is 1. The highest BCUT2D eigenvalue weighted by Crippen LogP contribution is 2.22. The highest BCUT2D eigenvalue weighted by atomic mass is 32.2. The van der Waals surface area contributed by atoms with Gasteiger partial charge in [-0.15, -0.1) is 0 Å². The number of carbonyl (C=O) groups excluding carboxylic acids is 1. The van der Waals surface area contributed by atoms with Crippen molar-refractivity contribution in [2.24, 2.45) is 11.7 Å². The van der Waals surface area contributed by atoms with E-state index in [0.717, 1.165) is 23.0 Å². The number of hydrogen-bond acceptors (Lipinski definition) is 3. The number of carbonyl (C=O) groups is 1. The summed E-state index contributed by atoms with van der Waals surface area (Å²) in [6.45, 7) is 0.765. The third kappa shape index (κ3) is 3.65. The number of nitrogens with two attached hydrogens (primary N) is 1. The average molecular weight is 317 g/mol. The summed E-state index contributed by atoms with van der Waals surface area (Å²) < 4.78 is 0. The number of aromatic amines is 1. The first kappa shape index (κ1) is 15.4. The van der Waals surface area contributed by atoms with E-state index < -0.39 is 6.04 Å². The SMILES string of the molecule is N[C@@H](Cc1c[nH]c2ccccc12)C(=O)NCC1CCSCC1. The van der Waals surface area contributed by atoms with Crippen molar-refractivity contribution in [3.63, 3.8) is 0 Å². The fourth-order valence-electron chi connectivity index (χ4n) is 2.96. The lowest BCUT2D eigenvalue weighted by Gasteiger charge is -2.22. The Hall–Kier alpha value is -1.46. The molecule has 1 aliphatic rings. The number of benzene rings is 1. The highest BCUT2D eigenvalue weighted by Gasteiger charge is 2.19. The summed E-state index contributed by atoms with van der Waals surface area (Å²) in [5, 5.41) is 4.18. The number of hydrogen-bond donors (Lipinski definition) is 3. The predicted octanol–water partition coefficient (Wildman–Crippen LogP) is 2.30. The molecule has 1 aromatic heterocycles. The molecule has 118 valence electrons. The summed E-state index contributed by atoms with van der Waals surface area (Å²) in [5.41, 5.74) is 8.28. The number of aromatic nitrogens is 1. The van der Waals surface area contributed by atoms with E-state index in [2.05, 4.69) is 16.4 Å². The van der Waals surface area contributed by atoms with Crippen molar-refractivity contribution in [2.75, 3.05) is 18.1 Å². The molecule has 1 fully saturated rings. The van der Waals surface area contributed by atoms with Gasteiger partial charge in [0, 0.05) is 23.6 Å². The zero-order chi connectivity index (χ0) is 15.4. The van der Waals surface area contributed by atoms with Crippen LogP contribution in [-0.2, 0) is 11.2 Å². The molecule has 1 saturated heterocycles. The van der Waals surface area contributed by atoms with Crippen LogP contribution in [0.25, 0.3) is 10.9 Å². The monoisotopic (exact) mass is 317 g/mol. The van der Waals surface area contributed by atoms with Crippen molar-refractivity contribution in [3.8, 4) is 0 Å². The second kappa shape index (κ2) is 7.20. The molecule has 5 heteroatoms. The Bertz CT molecular complexity index is 634. The molecule has 2 aromatic rings. The molecule has 0 bridgehead atoms. The first-order chi connectivity index (χ1) is 10.7. The van der Waals surface area contributed by atoms with Crippen molar-refractivity contribution in [1.82, 2.24) is 10.3 Å². The minimum Gasteiger partial charge on any atom is -0.361 e. The van der Waals surface area contributed by atoms with E-state index in [-0.39, 0.29) is 5.91 Å². The van der Waals surface area contributed by atoms with Gasteiger partial charge in [-0.2, -0.15) is 11.8 Å². The predicted molar refractivity (Wildman–Crippen MR) is 93.0 cm³/mol. The molecule has 22 heavy (non-hydrogen) atoms. The molecule has 1 atom stereocenters. The molecule has 1 aliphatic heterocycles. The Morgan fingerprint density at radius 1 is 1.36 bits per heavy atom. The van der Waals surface area contributed by atoms with Crippen molar-refractivity contribution >= 4 is 28.6 Å². The van der Waals surface area contributed by atoms with Crippen LogP contribution in [0, 0.1) is 5.92 Å². The van der Waals surface area contributed by atoms with Gasteiger partial charge >= 0.3 is 0 Å². The van der Waals surface area contributed by atoms with Crippen LogP contribution in [0.1, 0.15) is 18.4 Å². The van der Waals surface area contributed by atoms with Crippen LogP contribution in [0.2, 0.25) is 0 Å². The lowest BCUT2D eigenvalue weighted by Crippen LogP contribution is -2.44. The number of thioether (sulfide) groups is 1. The third-order valence-electron chi connectivity index (χ3n) is 4.36. The zero-order valence-corrected chi connectivity index (χ0v) is 13.5. The highest BCUT2D eigenvalue weighted by molar-refractivity contribution is 7.99. The minimum atomic E-state index is -0.489. The van der Waals surface area contributed by atoms with Gasteiger partial charge in [0.05, 0.1) is 6.04 Å². The van der Waals surface area contributed by atoms with E-state index in [0.29, 0.717) is 12.3 Å². The van der Waals surface area contributed by atoms with E-state index in [1.165, 1.54) is 24.3 Å². The quantitative estimate of drug-likeness (QED) is 0.792. The minimum absolute atomic E-state index is 0.0384. The van der Waals surface area contributed by atoms with E-state index in [4.69, 9.17) is 5.73 Å². The van der Waals surface area contributed by atoms with Crippen molar-refractivity contribution < 1.29 is 4.79 Å². The summed E-state index contributed by atoms with van der Waals surface area (Å²) in [5.74, 6) is 3.00. The molecule has 0 aliphatic carbocycles. The van der Waals surface area contributed by atoms with E-state index in [1.807, 2.05) is 36.2 Å². The fourth-order valence-corrected chi connectivity index (χ4v) is 4.16. The molecule has 1 amide bonds. The van der Waals surface area contributed by atoms with E-state index >= 15 is 0 Å². The number of H-pyrrole nitrogens is 1. The van der Waals surface area contributed by atoms with Gasteiger partial charge in [0.1, 0.15) is 0 Å². The number of amides is 1. The van der Waals surface area contributed by atoms with Gasteiger partial charge in [0.2, 0.25) is 5.91 Å². The Morgan fingerprint density at radius 3 is 2.95 bits per heavy atom. The summed E-state index contributed by atoms with van der Waals surface area (Å²) in [6.07, 6.45) is 4.91. The van der Waals surface area contributed by atoms with Gasteiger partial charge in [0.15, 0.2) is 0 Å². The molecular formula is C17H23N3OS. The van der Waals surface area contributed by atoms with E-state index in [1.54, 1.807) is 0 Å². The third-order valence-corrected chi connectivity index (χ3v) is 5.41. The van der Waals surface area contributed by atoms with E-state index in [9.17, 15) is 4.79 Å². The van der Waals surface area contributed by atoms with Crippen molar-refractivity contribution in [2.45, 2.75) is 25.3 Å². The van der Waals surface area contributed by atoms with Gasteiger partial charge < -0.3 is 16.0 Å². The molecule has 1 aromatic carbocycles. The Balaban J connectivity index is 1.54. The molecule has 0 radical (unpaired) electrons. The van der Waals surface area contributed by atoms with Crippen LogP contribution in [-0.4, -0.2) is 35.0 Å². The van der Waals surface area contributed by atoms with Gasteiger partial charge in [-0.25, -0.2) is 0 Å². The van der Waals surface area contributed by atoms with Crippen LogP contribution in [0.3, 0.4) is 0 Å². The van der Waals surface area contributed by atoms with Gasteiger partial charge in [-0.3, -0.25) is 4.79 Å². The van der Waals surface area contributed by atoms with Crippen LogP contribution in [0.4, 0.5) is 0 Å². The summed E-state index contributed by atoms with van der Waals surface area (Å²) >= 11 is 2.00. The molecule has 0 unspecified atom stereocenters. The normalized spacial score (nSPS) is 17.5. The van der Waals surface area contributed by atoms with Crippen LogP contribution >= 0.6 is 11.8 Å². The van der Waals surface area contributed by atoms with Gasteiger partial charge in [0.25, 0.3) is 0 Å². The number of rotatable bonds is 5. The number of nitrogens with one attached hydrogen (secondary N) is 2. The largest absolute Gasteiger partial charge is 0.361 e. The fraction of sp³-hybridized carbons (Fsp3) is 0.471. The van der Waals surface area contributed by atoms with Crippen molar-refractivity contribution in [1.29, 1.82) is 0 Å². The maximum Gasteiger partial charge on any atom is 0.237 e. The molecule has 2 heterocycles. The van der Waals surface area contributed by atoms with Crippen molar-refractivity contribution in [3.05, 3.63) is 36.0 Å². The van der Waals surface area contributed by atoms with Gasteiger partial charge in [-0.05, 0) is 48.3 Å². The molecule has 3 rings (SSSR count). The Labute approximate surface area is 135 Å². The molecule has 0 saturated carbocycles. The summed E-state index contributed by atoms with van der Waals surface area (Å²) in [4.78, 5) is 15.4.